The van der Waals surface area contributed by atoms with E-state index >= 15 is 0 Å². The minimum atomic E-state index is 0.215. The van der Waals surface area contributed by atoms with Gasteiger partial charge in [0.2, 0.25) is 0 Å². The fourth-order valence-electron chi connectivity index (χ4n) is 2.74. The number of hydrogen-bond acceptors (Lipinski definition) is 2. The number of rotatable bonds is 2. The Morgan fingerprint density at radius 3 is 2.79 bits per heavy atom. The first-order valence-electron chi connectivity index (χ1n) is 6.14. The van der Waals surface area contributed by atoms with Crippen LogP contribution >= 0.6 is 0 Å². The lowest BCUT2D eigenvalue weighted by Crippen LogP contribution is -2.54. The highest BCUT2D eigenvalue weighted by atomic mass is 16.5. The highest BCUT2D eigenvalue weighted by Crippen LogP contribution is 2.36. The van der Waals surface area contributed by atoms with E-state index in [2.05, 4.69) is 19.2 Å². The predicted octanol–water partition coefficient (Wildman–Crippen LogP) is 2.33. The molecule has 2 heteroatoms. The number of morpholine rings is 1. The lowest BCUT2D eigenvalue weighted by Gasteiger charge is -2.41. The van der Waals surface area contributed by atoms with Crippen LogP contribution in [0.1, 0.15) is 46.0 Å². The molecule has 1 N–H and O–H groups in total. The zero-order chi connectivity index (χ0) is 10.0. The molecule has 1 spiro atoms. The normalized spacial score (nSPS) is 33.4. The van der Waals surface area contributed by atoms with E-state index in [1.165, 1.54) is 32.1 Å². The molecular formula is C12H23NO. The predicted molar refractivity (Wildman–Crippen MR) is 58.4 cm³/mol. The fourth-order valence-corrected chi connectivity index (χ4v) is 2.74. The lowest BCUT2D eigenvalue weighted by atomic mass is 9.94. The standard InChI is InChI=1S/C12H23NO/c1-3-10(2)11-8-13-9-12(14-11)6-4-5-7-12/h10-11,13H,3-9H2,1-2H3. The monoisotopic (exact) mass is 197 g/mol. The molecule has 2 rings (SSSR count). The Labute approximate surface area is 87.4 Å². The summed E-state index contributed by atoms with van der Waals surface area (Å²) in [7, 11) is 0. The van der Waals surface area contributed by atoms with E-state index in [9.17, 15) is 0 Å². The Kier molecular flexibility index (Phi) is 3.13. The first-order chi connectivity index (χ1) is 6.76. The summed E-state index contributed by atoms with van der Waals surface area (Å²) in [5.74, 6) is 0.695. The lowest BCUT2D eigenvalue weighted by molar-refractivity contribution is -0.130. The SMILES string of the molecule is CCC(C)C1CNCC2(CCCC2)O1. The quantitative estimate of drug-likeness (QED) is 0.733. The van der Waals surface area contributed by atoms with Crippen LogP contribution in [-0.2, 0) is 4.74 Å². The average molecular weight is 197 g/mol. The first-order valence-corrected chi connectivity index (χ1v) is 6.14. The van der Waals surface area contributed by atoms with Crippen LogP contribution in [0.5, 0.6) is 0 Å². The summed E-state index contributed by atoms with van der Waals surface area (Å²) in [5, 5.41) is 3.56. The second-order valence-corrected chi connectivity index (χ2v) is 5.06. The largest absolute Gasteiger partial charge is 0.369 e. The van der Waals surface area contributed by atoms with Crippen LogP contribution in [0.2, 0.25) is 0 Å². The second kappa shape index (κ2) is 4.19. The van der Waals surface area contributed by atoms with Crippen LogP contribution in [0.3, 0.4) is 0 Å². The van der Waals surface area contributed by atoms with Gasteiger partial charge in [-0.3, -0.25) is 0 Å². The summed E-state index contributed by atoms with van der Waals surface area (Å²) in [4.78, 5) is 0. The number of ether oxygens (including phenoxy) is 1. The van der Waals surface area contributed by atoms with Crippen molar-refractivity contribution >= 4 is 0 Å². The molecule has 1 saturated carbocycles. The molecule has 2 atom stereocenters. The molecule has 1 aliphatic carbocycles. The van der Waals surface area contributed by atoms with Crippen molar-refractivity contribution in [3.8, 4) is 0 Å². The molecule has 0 radical (unpaired) electrons. The van der Waals surface area contributed by atoms with Gasteiger partial charge in [0.05, 0.1) is 11.7 Å². The van der Waals surface area contributed by atoms with Crippen LogP contribution in [0.25, 0.3) is 0 Å². The van der Waals surface area contributed by atoms with Crippen molar-refractivity contribution in [2.45, 2.75) is 57.7 Å². The Bertz CT molecular complexity index is 187. The van der Waals surface area contributed by atoms with Crippen molar-refractivity contribution in [3.63, 3.8) is 0 Å². The maximum atomic E-state index is 6.33. The van der Waals surface area contributed by atoms with Gasteiger partial charge in [0.1, 0.15) is 0 Å². The Hall–Kier alpha value is -0.0800. The highest BCUT2D eigenvalue weighted by molar-refractivity contribution is 4.93. The molecule has 0 amide bonds. The average Bonchev–Trinajstić information content (AvgIpc) is 2.65. The maximum Gasteiger partial charge on any atom is 0.0810 e. The topological polar surface area (TPSA) is 21.3 Å². The van der Waals surface area contributed by atoms with Gasteiger partial charge in [-0.1, -0.05) is 33.1 Å². The molecule has 82 valence electrons. The van der Waals surface area contributed by atoms with Crippen LogP contribution in [0.15, 0.2) is 0 Å². The summed E-state index contributed by atoms with van der Waals surface area (Å²) in [6, 6.07) is 0. The van der Waals surface area contributed by atoms with Gasteiger partial charge < -0.3 is 10.1 Å². The van der Waals surface area contributed by atoms with Gasteiger partial charge in [-0.05, 0) is 18.8 Å². The molecule has 0 aromatic heterocycles. The van der Waals surface area contributed by atoms with Gasteiger partial charge in [-0.25, -0.2) is 0 Å². The van der Waals surface area contributed by atoms with E-state index in [-0.39, 0.29) is 5.60 Å². The van der Waals surface area contributed by atoms with Crippen LogP contribution in [0.4, 0.5) is 0 Å². The van der Waals surface area contributed by atoms with Gasteiger partial charge in [0.25, 0.3) is 0 Å². The molecule has 2 unspecified atom stereocenters. The van der Waals surface area contributed by atoms with Crippen molar-refractivity contribution in [2.75, 3.05) is 13.1 Å². The smallest absolute Gasteiger partial charge is 0.0810 e. The molecule has 1 heterocycles. The molecule has 0 aromatic rings. The zero-order valence-corrected chi connectivity index (χ0v) is 9.51. The van der Waals surface area contributed by atoms with Crippen molar-refractivity contribution < 1.29 is 4.74 Å². The van der Waals surface area contributed by atoms with E-state index < -0.39 is 0 Å². The fraction of sp³-hybridized carbons (Fsp3) is 1.00. The van der Waals surface area contributed by atoms with Crippen LogP contribution < -0.4 is 5.32 Å². The molecule has 2 nitrogen and oxygen atoms in total. The van der Waals surface area contributed by atoms with Crippen LogP contribution in [-0.4, -0.2) is 24.8 Å². The Morgan fingerprint density at radius 2 is 2.14 bits per heavy atom. The summed E-state index contributed by atoms with van der Waals surface area (Å²) in [5.41, 5.74) is 0.215. The van der Waals surface area contributed by atoms with Gasteiger partial charge in [0, 0.05) is 13.1 Å². The van der Waals surface area contributed by atoms with Crippen molar-refractivity contribution in [2.24, 2.45) is 5.92 Å². The molecular weight excluding hydrogens is 174 g/mol. The number of hydrogen-bond donors (Lipinski definition) is 1. The summed E-state index contributed by atoms with van der Waals surface area (Å²) in [6.45, 7) is 6.70. The van der Waals surface area contributed by atoms with Crippen molar-refractivity contribution in [3.05, 3.63) is 0 Å². The Morgan fingerprint density at radius 1 is 1.43 bits per heavy atom. The van der Waals surface area contributed by atoms with Gasteiger partial charge in [0.15, 0.2) is 0 Å². The molecule has 2 aliphatic rings. The summed E-state index contributed by atoms with van der Waals surface area (Å²) in [6.07, 6.45) is 6.93. The molecule has 1 saturated heterocycles. The van der Waals surface area contributed by atoms with Crippen molar-refractivity contribution in [1.82, 2.24) is 5.32 Å². The first kappa shape index (κ1) is 10.4. The van der Waals surface area contributed by atoms with Crippen LogP contribution in [0, 0.1) is 5.92 Å². The molecule has 14 heavy (non-hydrogen) atoms. The molecule has 2 fully saturated rings. The minimum absolute atomic E-state index is 0.215. The van der Waals surface area contributed by atoms with E-state index in [1.54, 1.807) is 0 Å². The third kappa shape index (κ3) is 1.96. The zero-order valence-electron chi connectivity index (χ0n) is 9.51. The van der Waals surface area contributed by atoms with Crippen molar-refractivity contribution in [1.29, 1.82) is 0 Å². The van der Waals surface area contributed by atoms with Gasteiger partial charge in [-0.2, -0.15) is 0 Å². The van der Waals surface area contributed by atoms with Gasteiger partial charge in [-0.15, -0.1) is 0 Å². The molecule has 0 bridgehead atoms. The molecule has 1 aliphatic heterocycles. The number of nitrogens with one attached hydrogen (secondary N) is 1. The highest BCUT2D eigenvalue weighted by Gasteiger charge is 2.40. The van der Waals surface area contributed by atoms with E-state index in [4.69, 9.17) is 4.74 Å². The third-order valence-electron chi connectivity index (χ3n) is 3.99. The summed E-state index contributed by atoms with van der Waals surface area (Å²) >= 11 is 0. The van der Waals surface area contributed by atoms with Gasteiger partial charge >= 0.3 is 0 Å². The van der Waals surface area contributed by atoms with E-state index in [1.807, 2.05) is 0 Å². The maximum absolute atomic E-state index is 6.33. The molecule has 0 aromatic carbocycles. The van der Waals surface area contributed by atoms with E-state index in [0.717, 1.165) is 13.1 Å². The summed E-state index contributed by atoms with van der Waals surface area (Å²) < 4.78 is 6.33. The second-order valence-electron chi connectivity index (χ2n) is 5.06. The Balaban J connectivity index is 1.96. The third-order valence-corrected chi connectivity index (χ3v) is 3.99. The van der Waals surface area contributed by atoms with E-state index in [0.29, 0.717) is 12.0 Å². The minimum Gasteiger partial charge on any atom is -0.369 e.